The highest BCUT2D eigenvalue weighted by molar-refractivity contribution is 7.98. The maximum atomic E-state index is 13.9. The second-order valence-electron chi connectivity index (χ2n) is 4.32. The van der Waals surface area contributed by atoms with Crippen LogP contribution in [0.2, 0.25) is 0 Å². The lowest BCUT2D eigenvalue weighted by Crippen LogP contribution is -1.96. The van der Waals surface area contributed by atoms with Crippen LogP contribution in [0.3, 0.4) is 0 Å². The number of hydrogen-bond acceptors (Lipinski definition) is 4. The molecule has 4 nitrogen and oxygen atoms in total. The topological polar surface area (TPSA) is 69.2 Å². The van der Waals surface area contributed by atoms with Crippen molar-refractivity contribution in [2.75, 3.05) is 5.73 Å². The largest absolute Gasteiger partial charge is 0.399 e. The summed E-state index contributed by atoms with van der Waals surface area (Å²) in [6.45, 7) is 1.94. The lowest BCUT2D eigenvalue weighted by Gasteiger charge is -2.07. The average molecular weight is 292 g/mol. The Balaban J connectivity index is 2.21. The Morgan fingerprint density at radius 3 is 2.80 bits per heavy atom. The molecule has 0 amide bonds. The van der Waals surface area contributed by atoms with E-state index in [0.29, 0.717) is 17.0 Å². The van der Waals surface area contributed by atoms with Crippen molar-refractivity contribution in [3.05, 3.63) is 63.5 Å². The van der Waals surface area contributed by atoms with Gasteiger partial charge in [0.05, 0.1) is 4.92 Å². The van der Waals surface area contributed by atoms with Crippen molar-refractivity contribution in [2.45, 2.75) is 17.6 Å². The molecule has 0 aliphatic carbocycles. The first-order valence-electron chi connectivity index (χ1n) is 5.89. The number of nitrogens with zero attached hydrogens (tertiary/aromatic N) is 1. The first-order valence-corrected chi connectivity index (χ1v) is 6.88. The Kier molecular flexibility index (Phi) is 4.24. The van der Waals surface area contributed by atoms with E-state index in [9.17, 15) is 14.5 Å². The van der Waals surface area contributed by atoms with Crippen LogP contribution >= 0.6 is 11.8 Å². The molecule has 2 rings (SSSR count). The standard InChI is InChI=1S/C14H13FN2O2S/c1-9-5-6-11(16)7-13(9)20-8-10-3-2-4-12(14(10)15)17(18)19/h2-7H,8,16H2,1H3. The summed E-state index contributed by atoms with van der Waals surface area (Å²) >= 11 is 1.41. The van der Waals surface area contributed by atoms with Crippen LogP contribution < -0.4 is 5.73 Å². The molecule has 0 spiro atoms. The Morgan fingerprint density at radius 1 is 1.35 bits per heavy atom. The van der Waals surface area contributed by atoms with Gasteiger partial charge in [-0.15, -0.1) is 11.8 Å². The van der Waals surface area contributed by atoms with Gasteiger partial charge in [0.15, 0.2) is 0 Å². The quantitative estimate of drug-likeness (QED) is 0.401. The maximum Gasteiger partial charge on any atom is 0.305 e. The summed E-state index contributed by atoms with van der Waals surface area (Å²) in [5, 5.41) is 10.7. The molecule has 0 aliphatic heterocycles. The van der Waals surface area contributed by atoms with Gasteiger partial charge < -0.3 is 5.73 Å². The number of aryl methyl sites for hydroxylation is 1. The van der Waals surface area contributed by atoms with Crippen molar-refractivity contribution in [3.8, 4) is 0 Å². The van der Waals surface area contributed by atoms with Gasteiger partial charge in [-0.05, 0) is 24.6 Å². The second-order valence-corrected chi connectivity index (χ2v) is 5.34. The van der Waals surface area contributed by atoms with Gasteiger partial charge in [0.2, 0.25) is 5.82 Å². The van der Waals surface area contributed by atoms with E-state index in [2.05, 4.69) is 0 Å². The molecule has 0 aliphatic rings. The van der Waals surface area contributed by atoms with E-state index in [4.69, 9.17) is 5.73 Å². The number of nitrogens with two attached hydrogens (primary N) is 1. The predicted molar refractivity (Wildman–Crippen MR) is 78.2 cm³/mol. The molecule has 0 unspecified atom stereocenters. The van der Waals surface area contributed by atoms with Crippen LogP contribution in [0.15, 0.2) is 41.3 Å². The number of anilines is 1. The molecule has 0 bridgehead atoms. The number of benzene rings is 2. The Labute approximate surface area is 119 Å². The zero-order chi connectivity index (χ0) is 14.7. The van der Waals surface area contributed by atoms with Crippen LogP contribution in [0.4, 0.5) is 15.8 Å². The number of rotatable bonds is 4. The van der Waals surface area contributed by atoms with Crippen LogP contribution in [0, 0.1) is 22.9 Å². The molecule has 2 N–H and O–H groups in total. The number of nitro groups is 1. The minimum atomic E-state index is -0.772. The third-order valence-corrected chi connectivity index (χ3v) is 4.06. The van der Waals surface area contributed by atoms with E-state index in [-0.39, 0.29) is 0 Å². The summed E-state index contributed by atoms with van der Waals surface area (Å²) in [6, 6.07) is 9.71. The van der Waals surface area contributed by atoms with Crippen molar-refractivity contribution >= 4 is 23.1 Å². The molecule has 2 aromatic rings. The Morgan fingerprint density at radius 2 is 2.10 bits per heavy atom. The lowest BCUT2D eigenvalue weighted by molar-refractivity contribution is -0.387. The Hall–Kier alpha value is -2.08. The number of nitro benzene ring substituents is 1. The van der Waals surface area contributed by atoms with Crippen molar-refractivity contribution in [1.29, 1.82) is 0 Å². The molecule has 0 saturated heterocycles. The fourth-order valence-corrected chi connectivity index (χ4v) is 2.80. The van der Waals surface area contributed by atoms with Gasteiger partial charge in [-0.1, -0.05) is 18.2 Å². The average Bonchev–Trinajstić information content (AvgIpc) is 2.41. The zero-order valence-corrected chi connectivity index (χ0v) is 11.6. The molecule has 6 heteroatoms. The molecule has 0 saturated carbocycles. The number of halogens is 1. The molecule has 104 valence electrons. The molecule has 0 heterocycles. The monoisotopic (exact) mass is 292 g/mol. The van der Waals surface area contributed by atoms with Gasteiger partial charge >= 0.3 is 5.69 Å². The fraction of sp³-hybridized carbons (Fsp3) is 0.143. The van der Waals surface area contributed by atoms with E-state index in [0.717, 1.165) is 16.5 Å². The summed E-state index contributed by atoms with van der Waals surface area (Å²) in [5.41, 5.74) is 7.21. The normalized spacial score (nSPS) is 10.5. The molecule has 2 aromatic carbocycles. The van der Waals surface area contributed by atoms with Crippen LogP contribution in [0.5, 0.6) is 0 Å². The molecule has 0 fully saturated rings. The van der Waals surface area contributed by atoms with Gasteiger partial charge in [0.1, 0.15) is 0 Å². The number of nitrogen functional groups attached to an aromatic ring is 1. The molecule has 20 heavy (non-hydrogen) atoms. The summed E-state index contributed by atoms with van der Waals surface area (Å²) in [6.07, 6.45) is 0. The van der Waals surface area contributed by atoms with Gasteiger partial charge in [0, 0.05) is 28.0 Å². The van der Waals surface area contributed by atoms with Gasteiger partial charge in [-0.25, -0.2) is 0 Å². The third kappa shape index (κ3) is 3.08. The minimum Gasteiger partial charge on any atom is -0.399 e. The van der Waals surface area contributed by atoms with E-state index in [1.807, 2.05) is 19.1 Å². The molecular weight excluding hydrogens is 279 g/mol. The lowest BCUT2D eigenvalue weighted by atomic mass is 10.2. The zero-order valence-electron chi connectivity index (χ0n) is 10.8. The van der Waals surface area contributed by atoms with Crippen LogP contribution in [0.1, 0.15) is 11.1 Å². The van der Waals surface area contributed by atoms with Crippen molar-refractivity contribution < 1.29 is 9.31 Å². The fourth-order valence-electron chi connectivity index (χ4n) is 1.75. The highest BCUT2D eigenvalue weighted by Crippen LogP contribution is 2.30. The van der Waals surface area contributed by atoms with Crippen molar-refractivity contribution in [2.24, 2.45) is 0 Å². The summed E-state index contributed by atoms with van der Waals surface area (Å²) in [4.78, 5) is 10.9. The van der Waals surface area contributed by atoms with Gasteiger partial charge in [-0.2, -0.15) is 4.39 Å². The predicted octanol–water partition coefficient (Wildman–Crippen LogP) is 3.92. The van der Waals surface area contributed by atoms with Crippen molar-refractivity contribution in [3.63, 3.8) is 0 Å². The molecular formula is C14H13FN2O2S. The number of hydrogen-bond donors (Lipinski definition) is 1. The smallest absolute Gasteiger partial charge is 0.305 e. The summed E-state index contributed by atoms with van der Waals surface area (Å²) in [7, 11) is 0. The highest BCUT2D eigenvalue weighted by Gasteiger charge is 2.17. The molecule has 0 radical (unpaired) electrons. The van der Waals surface area contributed by atoms with Crippen LogP contribution in [0.25, 0.3) is 0 Å². The van der Waals surface area contributed by atoms with Crippen molar-refractivity contribution in [1.82, 2.24) is 0 Å². The summed E-state index contributed by atoms with van der Waals surface area (Å²) < 4.78 is 13.9. The third-order valence-electron chi connectivity index (χ3n) is 2.85. The molecule has 0 atom stereocenters. The van der Waals surface area contributed by atoms with E-state index in [1.165, 1.54) is 17.8 Å². The Bertz CT molecular complexity index is 662. The second kappa shape index (κ2) is 5.92. The minimum absolute atomic E-state index is 0.311. The van der Waals surface area contributed by atoms with E-state index in [1.54, 1.807) is 12.1 Å². The first-order chi connectivity index (χ1) is 9.49. The van der Waals surface area contributed by atoms with Gasteiger partial charge in [-0.3, -0.25) is 10.1 Å². The maximum absolute atomic E-state index is 13.9. The SMILES string of the molecule is Cc1ccc(N)cc1SCc1cccc([N+](=O)[O-])c1F. The van der Waals surface area contributed by atoms with Crippen LogP contribution in [-0.4, -0.2) is 4.92 Å². The van der Waals surface area contributed by atoms with E-state index < -0.39 is 16.4 Å². The van der Waals surface area contributed by atoms with Gasteiger partial charge in [0.25, 0.3) is 0 Å². The van der Waals surface area contributed by atoms with Crippen LogP contribution in [-0.2, 0) is 5.75 Å². The van der Waals surface area contributed by atoms with E-state index >= 15 is 0 Å². The highest BCUT2D eigenvalue weighted by atomic mass is 32.2. The summed E-state index contributed by atoms with van der Waals surface area (Å²) in [5.74, 6) is -0.454. The number of thioether (sulfide) groups is 1. The first kappa shape index (κ1) is 14.3. The molecule has 0 aromatic heterocycles.